The van der Waals surface area contributed by atoms with E-state index in [4.69, 9.17) is 9.47 Å². The van der Waals surface area contributed by atoms with Crippen molar-refractivity contribution in [2.24, 2.45) is 0 Å². The van der Waals surface area contributed by atoms with Gasteiger partial charge in [0.1, 0.15) is 18.2 Å². The Hall–Kier alpha value is -3.77. The van der Waals surface area contributed by atoms with Crippen molar-refractivity contribution in [3.63, 3.8) is 0 Å². The van der Waals surface area contributed by atoms with E-state index < -0.39 is 15.1 Å². The molecule has 12 heteroatoms. The Morgan fingerprint density at radius 1 is 1.12 bits per heavy atom. The molecule has 1 fully saturated rings. The van der Waals surface area contributed by atoms with Crippen molar-refractivity contribution in [3.8, 4) is 5.75 Å². The molecule has 3 heterocycles. The minimum absolute atomic E-state index is 0.0370. The molecule has 2 aliphatic heterocycles. The number of carbonyl (C=O) groups is 1. The molecule has 1 atom stereocenters. The number of esters is 1. The number of likely N-dealkylation sites (tertiary alicyclic amines) is 1. The number of anilines is 4. The number of carbonyl (C=O) groups excluding carboxylic acids is 1. The summed E-state index contributed by atoms with van der Waals surface area (Å²) >= 11 is 0. The van der Waals surface area contributed by atoms with Crippen molar-refractivity contribution in [3.05, 3.63) is 53.3 Å². The van der Waals surface area contributed by atoms with E-state index in [0.717, 1.165) is 43.8 Å². The van der Waals surface area contributed by atoms with E-state index in [0.29, 0.717) is 30.7 Å². The number of aryl methyl sites for hydroxylation is 1. The van der Waals surface area contributed by atoms with Gasteiger partial charge in [0.25, 0.3) is 0 Å². The third-order valence-corrected chi connectivity index (χ3v) is 10.2. The van der Waals surface area contributed by atoms with Crippen molar-refractivity contribution in [2.45, 2.75) is 76.0 Å². The predicted molar refractivity (Wildman–Crippen MR) is 165 cm³/mol. The van der Waals surface area contributed by atoms with E-state index in [-0.39, 0.29) is 22.9 Å². The molecular formula is C31H40N6O5S. The fourth-order valence-corrected chi connectivity index (χ4v) is 7.11. The molecule has 1 aromatic heterocycles. The molecule has 0 saturated carbocycles. The topological polar surface area (TPSA) is 136 Å². The second-order valence-electron chi connectivity index (χ2n) is 11.4. The monoisotopic (exact) mass is 608 g/mol. The molecule has 2 aliphatic rings. The molecule has 0 aliphatic carbocycles. The third-order valence-electron chi connectivity index (χ3n) is 7.97. The quantitative estimate of drug-likeness (QED) is 0.304. The van der Waals surface area contributed by atoms with Crippen LogP contribution >= 0.6 is 0 Å². The lowest BCUT2D eigenvalue weighted by atomic mass is 9.82. The van der Waals surface area contributed by atoms with Gasteiger partial charge in [-0.15, -0.1) is 0 Å². The standard InChI is InChI=1S/C31H40N6O5S/c1-6-41-27(38)17-37-13-11-22(12-14-37)28-20(4)15-25(29-23(28)16-21(5)42-29)35-31-33-18-32-30(36-31)34-24-9-7-8-10-26(24)43(39,40)19(2)3/h7-10,15,18-19,21-22H,6,11-14,16-17H2,1-5H3,(H2,32,33,34,35,36)/t21-/m1/s1. The number of ether oxygens (including phenoxy) is 2. The summed E-state index contributed by atoms with van der Waals surface area (Å²) in [6, 6.07) is 8.81. The van der Waals surface area contributed by atoms with E-state index >= 15 is 0 Å². The molecule has 0 amide bonds. The number of benzene rings is 2. The number of aromatic nitrogens is 3. The summed E-state index contributed by atoms with van der Waals surface area (Å²) in [4.78, 5) is 27.4. The van der Waals surface area contributed by atoms with Gasteiger partial charge in [-0.25, -0.2) is 18.4 Å². The van der Waals surface area contributed by atoms with Crippen LogP contribution in [0.4, 0.5) is 23.3 Å². The second kappa shape index (κ2) is 12.8. The fourth-order valence-electron chi connectivity index (χ4n) is 5.91. The summed E-state index contributed by atoms with van der Waals surface area (Å²) in [6.45, 7) is 11.8. The van der Waals surface area contributed by atoms with E-state index in [2.05, 4.69) is 50.4 Å². The molecule has 0 unspecified atom stereocenters. The molecule has 0 radical (unpaired) electrons. The number of nitrogens with one attached hydrogen (secondary N) is 2. The van der Waals surface area contributed by atoms with Gasteiger partial charge in [0, 0.05) is 12.0 Å². The van der Waals surface area contributed by atoms with Crippen molar-refractivity contribution in [2.75, 3.05) is 36.9 Å². The van der Waals surface area contributed by atoms with Gasteiger partial charge in [-0.3, -0.25) is 9.69 Å². The van der Waals surface area contributed by atoms with Gasteiger partial charge in [-0.2, -0.15) is 4.98 Å². The van der Waals surface area contributed by atoms with Crippen LogP contribution in [0, 0.1) is 6.92 Å². The molecule has 230 valence electrons. The first-order chi connectivity index (χ1) is 20.6. The summed E-state index contributed by atoms with van der Waals surface area (Å²) in [5.41, 5.74) is 4.89. The van der Waals surface area contributed by atoms with Gasteiger partial charge in [-0.05, 0) is 95.8 Å². The number of hydrogen-bond acceptors (Lipinski definition) is 11. The van der Waals surface area contributed by atoms with Crippen LogP contribution in [0.15, 0.2) is 41.6 Å². The van der Waals surface area contributed by atoms with Crippen LogP contribution in [0.25, 0.3) is 0 Å². The van der Waals surface area contributed by atoms with Crippen molar-refractivity contribution in [1.29, 1.82) is 0 Å². The van der Waals surface area contributed by atoms with Gasteiger partial charge in [0.05, 0.1) is 34.7 Å². The van der Waals surface area contributed by atoms with Crippen LogP contribution in [-0.4, -0.2) is 71.8 Å². The number of rotatable bonds is 10. The molecular weight excluding hydrogens is 568 g/mol. The van der Waals surface area contributed by atoms with Gasteiger partial charge < -0.3 is 20.1 Å². The smallest absolute Gasteiger partial charge is 0.320 e. The number of piperidine rings is 1. The molecule has 11 nitrogen and oxygen atoms in total. The van der Waals surface area contributed by atoms with Crippen LogP contribution in [0.5, 0.6) is 5.75 Å². The van der Waals surface area contributed by atoms with Crippen LogP contribution in [0.1, 0.15) is 63.1 Å². The third kappa shape index (κ3) is 6.75. The normalized spacial score (nSPS) is 17.4. The molecule has 2 aromatic carbocycles. The van der Waals surface area contributed by atoms with E-state index in [1.54, 1.807) is 38.1 Å². The fraction of sp³-hybridized carbons (Fsp3) is 0.484. The largest absolute Gasteiger partial charge is 0.488 e. The Morgan fingerprint density at radius 3 is 2.47 bits per heavy atom. The van der Waals surface area contributed by atoms with E-state index in [1.165, 1.54) is 23.0 Å². The highest BCUT2D eigenvalue weighted by molar-refractivity contribution is 7.92. The Kier molecular flexibility index (Phi) is 9.16. The van der Waals surface area contributed by atoms with E-state index in [9.17, 15) is 13.2 Å². The van der Waals surface area contributed by atoms with Crippen molar-refractivity contribution < 1.29 is 22.7 Å². The first kappa shape index (κ1) is 30.7. The number of hydrogen-bond donors (Lipinski definition) is 2. The zero-order chi connectivity index (χ0) is 30.7. The number of fused-ring (bicyclic) bond motifs is 1. The lowest BCUT2D eigenvalue weighted by molar-refractivity contribution is -0.144. The van der Waals surface area contributed by atoms with Gasteiger partial charge in [0.2, 0.25) is 11.9 Å². The number of nitrogens with zero attached hydrogens (tertiary/aromatic N) is 4. The summed E-state index contributed by atoms with van der Waals surface area (Å²) in [5.74, 6) is 1.55. The highest BCUT2D eigenvalue weighted by Gasteiger charge is 2.32. The number of sulfone groups is 1. The molecule has 1 saturated heterocycles. The maximum atomic E-state index is 12.9. The van der Waals surface area contributed by atoms with Crippen LogP contribution in [-0.2, 0) is 25.8 Å². The van der Waals surface area contributed by atoms with Crippen molar-refractivity contribution in [1.82, 2.24) is 19.9 Å². The predicted octanol–water partition coefficient (Wildman–Crippen LogP) is 4.92. The molecule has 0 bridgehead atoms. The van der Waals surface area contributed by atoms with Gasteiger partial charge in [-0.1, -0.05) is 12.1 Å². The zero-order valence-electron chi connectivity index (χ0n) is 25.4. The van der Waals surface area contributed by atoms with E-state index in [1.807, 2.05) is 6.92 Å². The Morgan fingerprint density at radius 2 is 1.79 bits per heavy atom. The maximum absolute atomic E-state index is 12.9. The molecule has 3 aromatic rings. The van der Waals surface area contributed by atoms with Crippen LogP contribution < -0.4 is 15.4 Å². The van der Waals surface area contributed by atoms with Crippen molar-refractivity contribution >= 4 is 39.1 Å². The highest BCUT2D eigenvalue weighted by atomic mass is 32.2. The Balaban J connectivity index is 1.36. The van der Waals surface area contributed by atoms with Crippen LogP contribution in [0.3, 0.4) is 0 Å². The average Bonchev–Trinajstić information content (AvgIpc) is 3.35. The number of para-hydroxylation sites is 1. The SMILES string of the molecule is CCOC(=O)CN1CCC(c2c(C)cc(Nc3ncnc(Nc4ccccc4S(=O)(=O)C(C)C)n3)c3c2C[C@@H](C)O3)CC1. The lowest BCUT2D eigenvalue weighted by Crippen LogP contribution is -2.37. The first-order valence-electron chi connectivity index (χ1n) is 14.8. The lowest BCUT2D eigenvalue weighted by Gasteiger charge is -2.33. The summed E-state index contributed by atoms with van der Waals surface area (Å²) in [5, 5.41) is 5.81. The van der Waals surface area contributed by atoms with Gasteiger partial charge >= 0.3 is 5.97 Å². The summed E-state index contributed by atoms with van der Waals surface area (Å²) < 4.78 is 37.2. The summed E-state index contributed by atoms with van der Waals surface area (Å²) in [7, 11) is -3.52. The minimum Gasteiger partial charge on any atom is -0.488 e. The minimum atomic E-state index is -3.52. The molecule has 0 spiro atoms. The molecule has 5 rings (SSSR count). The summed E-state index contributed by atoms with van der Waals surface area (Å²) in [6.07, 6.45) is 4.16. The highest BCUT2D eigenvalue weighted by Crippen LogP contribution is 2.45. The zero-order valence-corrected chi connectivity index (χ0v) is 26.2. The average molecular weight is 609 g/mol. The second-order valence-corrected chi connectivity index (χ2v) is 13.9. The molecule has 2 N–H and O–H groups in total. The molecule has 43 heavy (non-hydrogen) atoms. The Labute approximate surface area is 253 Å². The van der Waals surface area contributed by atoms with Gasteiger partial charge in [0.15, 0.2) is 9.84 Å². The Bertz CT molecular complexity index is 1590. The first-order valence-corrected chi connectivity index (χ1v) is 16.4. The van der Waals surface area contributed by atoms with Crippen LogP contribution in [0.2, 0.25) is 0 Å². The maximum Gasteiger partial charge on any atom is 0.320 e.